The van der Waals surface area contributed by atoms with E-state index in [2.05, 4.69) is 10.2 Å². The summed E-state index contributed by atoms with van der Waals surface area (Å²) in [5.74, 6) is 1.17. The monoisotopic (exact) mass is 312 g/mol. The first-order chi connectivity index (χ1) is 10.6. The Labute approximate surface area is 130 Å². The third-order valence-corrected chi connectivity index (χ3v) is 3.76. The van der Waals surface area contributed by atoms with Gasteiger partial charge in [-0.1, -0.05) is 0 Å². The van der Waals surface area contributed by atoms with Gasteiger partial charge in [0.15, 0.2) is 0 Å². The van der Waals surface area contributed by atoms with Crippen LogP contribution in [0.2, 0.25) is 0 Å². The maximum absolute atomic E-state index is 11.4. The molecule has 1 saturated heterocycles. The average Bonchev–Trinajstić information content (AvgIpc) is 3.07. The molecule has 0 aliphatic carbocycles. The van der Waals surface area contributed by atoms with Crippen LogP contribution in [0.3, 0.4) is 0 Å². The predicted octanol–water partition coefficient (Wildman–Crippen LogP) is 0.234. The van der Waals surface area contributed by atoms with Crippen LogP contribution in [0.1, 0.15) is 12.2 Å². The van der Waals surface area contributed by atoms with Crippen molar-refractivity contribution in [3.63, 3.8) is 0 Å². The summed E-state index contributed by atoms with van der Waals surface area (Å²) in [4.78, 5) is 13.5. The van der Waals surface area contributed by atoms with Crippen LogP contribution in [0.5, 0.6) is 5.95 Å². The summed E-state index contributed by atoms with van der Waals surface area (Å²) in [6.07, 6.45) is -0.137. The standard InChI is InChI=1S/C15H24N2O5/c1-16-14(19)7-11-8-17(10-13(11)18)9-12-3-4-15(22-12)21-6-5-20-2/h3-4,11,13,18H,5-10H2,1-2H3,(H,16,19)/t11-,13-/m1/s1. The third kappa shape index (κ3) is 4.72. The van der Waals surface area contributed by atoms with Crippen molar-refractivity contribution in [1.82, 2.24) is 10.2 Å². The fourth-order valence-corrected chi connectivity index (χ4v) is 2.58. The van der Waals surface area contributed by atoms with Crippen molar-refractivity contribution in [3.8, 4) is 5.95 Å². The van der Waals surface area contributed by atoms with Gasteiger partial charge in [0, 0.05) is 45.7 Å². The Morgan fingerprint density at radius 3 is 3.00 bits per heavy atom. The molecule has 124 valence electrons. The highest BCUT2D eigenvalue weighted by atomic mass is 16.6. The number of aliphatic hydroxyl groups is 1. The molecule has 2 N–H and O–H groups in total. The second-order valence-electron chi connectivity index (χ2n) is 5.46. The summed E-state index contributed by atoms with van der Waals surface area (Å²) >= 11 is 0. The average molecular weight is 312 g/mol. The molecule has 0 spiro atoms. The zero-order chi connectivity index (χ0) is 15.9. The lowest BCUT2D eigenvalue weighted by Crippen LogP contribution is -2.27. The van der Waals surface area contributed by atoms with E-state index in [0.717, 1.165) is 5.76 Å². The van der Waals surface area contributed by atoms with Crippen molar-refractivity contribution >= 4 is 5.91 Å². The number of carbonyl (C=O) groups excluding carboxylic acids is 1. The maximum atomic E-state index is 11.4. The van der Waals surface area contributed by atoms with Gasteiger partial charge in [0.25, 0.3) is 5.95 Å². The molecule has 7 heteroatoms. The Balaban J connectivity index is 1.80. The van der Waals surface area contributed by atoms with Gasteiger partial charge in [0.1, 0.15) is 12.4 Å². The number of aliphatic hydroxyl groups excluding tert-OH is 1. The highest BCUT2D eigenvalue weighted by Crippen LogP contribution is 2.24. The number of likely N-dealkylation sites (tertiary alicyclic amines) is 1. The molecule has 1 aromatic heterocycles. The summed E-state index contributed by atoms with van der Waals surface area (Å²) in [7, 11) is 3.22. The molecule has 1 fully saturated rings. The first-order valence-electron chi connectivity index (χ1n) is 7.43. The predicted molar refractivity (Wildman–Crippen MR) is 79.5 cm³/mol. The van der Waals surface area contributed by atoms with Crippen molar-refractivity contribution in [2.24, 2.45) is 5.92 Å². The lowest BCUT2D eigenvalue weighted by atomic mass is 10.0. The van der Waals surface area contributed by atoms with E-state index in [4.69, 9.17) is 13.9 Å². The topological polar surface area (TPSA) is 84.2 Å². The molecule has 0 bridgehead atoms. The van der Waals surface area contributed by atoms with Crippen LogP contribution < -0.4 is 10.1 Å². The number of carbonyl (C=O) groups is 1. The van der Waals surface area contributed by atoms with Crippen LogP contribution in [-0.4, -0.2) is 62.5 Å². The molecule has 1 aliphatic heterocycles. The minimum Gasteiger partial charge on any atom is -0.463 e. The van der Waals surface area contributed by atoms with E-state index in [1.54, 1.807) is 20.2 Å². The van der Waals surface area contributed by atoms with Gasteiger partial charge in [0.2, 0.25) is 5.91 Å². The highest BCUT2D eigenvalue weighted by molar-refractivity contribution is 5.75. The van der Waals surface area contributed by atoms with Crippen LogP contribution in [0.25, 0.3) is 0 Å². The highest BCUT2D eigenvalue weighted by Gasteiger charge is 2.32. The summed E-state index contributed by atoms with van der Waals surface area (Å²) in [5, 5.41) is 12.6. The van der Waals surface area contributed by atoms with Crippen molar-refractivity contribution in [3.05, 3.63) is 17.9 Å². The number of hydrogen-bond donors (Lipinski definition) is 2. The third-order valence-electron chi connectivity index (χ3n) is 3.76. The van der Waals surface area contributed by atoms with Gasteiger partial charge in [-0.05, 0) is 6.07 Å². The van der Waals surface area contributed by atoms with E-state index < -0.39 is 6.10 Å². The summed E-state index contributed by atoms with van der Waals surface area (Å²) in [6.45, 7) is 2.77. The number of nitrogens with one attached hydrogen (secondary N) is 1. The zero-order valence-corrected chi connectivity index (χ0v) is 13.1. The Morgan fingerprint density at radius 2 is 2.27 bits per heavy atom. The molecular weight excluding hydrogens is 288 g/mol. The summed E-state index contributed by atoms with van der Waals surface area (Å²) in [6, 6.07) is 3.64. The molecule has 2 atom stereocenters. The van der Waals surface area contributed by atoms with Crippen molar-refractivity contribution in [2.45, 2.75) is 19.1 Å². The van der Waals surface area contributed by atoms with Gasteiger partial charge < -0.3 is 24.3 Å². The van der Waals surface area contributed by atoms with E-state index in [0.29, 0.717) is 45.2 Å². The summed E-state index contributed by atoms with van der Waals surface area (Å²) in [5.41, 5.74) is 0. The molecule has 22 heavy (non-hydrogen) atoms. The number of rotatable bonds is 8. The number of furan rings is 1. The number of amides is 1. The first-order valence-corrected chi connectivity index (χ1v) is 7.43. The van der Waals surface area contributed by atoms with E-state index in [-0.39, 0.29) is 11.8 Å². The Bertz CT molecular complexity index is 476. The van der Waals surface area contributed by atoms with Gasteiger partial charge in [-0.2, -0.15) is 0 Å². The van der Waals surface area contributed by atoms with Gasteiger partial charge in [-0.25, -0.2) is 0 Å². The number of ether oxygens (including phenoxy) is 2. The van der Waals surface area contributed by atoms with Crippen LogP contribution in [-0.2, 0) is 16.1 Å². The number of methoxy groups -OCH3 is 1. The molecule has 1 aliphatic rings. The first kappa shape index (κ1) is 16.8. The van der Waals surface area contributed by atoms with Crippen molar-refractivity contribution < 1.29 is 23.8 Å². The van der Waals surface area contributed by atoms with Crippen LogP contribution in [0.15, 0.2) is 16.5 Å². The zero-order valence-electron chi connectivity index (χ0n) is 13.1. The van der Waals surface area contributed by atoms with E-state index in [1.165, 1.54) is 0 Å². The Hall–Kier alpha value is -1.57. The fourth-order valence-electron chi connectivity index (χ4n) is 2.58. The maximum Gasteiger partial charge on any atom is 0.284 e. The lowest BCUT2D eigenvalue weighted by molar-refractivity contribution is -0.122. The molecule has 0 saturated carbocycles. The number of β-amino-alcohol motifs (C(OH)–C–C–N with tert-alkyl or cyclic N) is 1. The van der Waals surface area contributed by atoms with E-state index in [1.807, 2.05) is 6.07 Å². The molecule has 0 radical (unpaired) electrons. The van der Waals surface area contributed by atoms with Crippen LogP contribution in [0, 0.1) is 5.92 Å². The molecule has 1 aromatic rings. The number of hydrogen-bond acceptors (Lipinski definition) is 6. The van der Waals surface area contributed by atoms with Gasteiger partial charge >= 0.3 is 0 Å². The van der Waals surface area contributed by atoms with Gasteiger partial charge in [-0.3, -0.25) is 9.69 Å². The lowest BCUT2D eigenvalue weighted by Gasteiger charge is -2.13. The second kappa shape index (κ2) is 8.17. The van der Waals surface area contributed by atoms with Crippen molar-refractivity contribution in [1.29, 1.82) is 0 Å². The van der Waals surface area contributed by atoms with Gasteiger partial charge in [-0.15, -0.1) is 0 Å². The Kier molecular flexibility index (Phi) is 6.23. The smallest absolute Gasteiger partial charge is 0.284 e. The molecule has 0 aromatic carbocycles. The number of nitrogens with zero attached hydrogens (tertiary/aromatic N) is 1. The second-order valence-corrected chi connectivity index (χ2v) is 5.46. The normalized spacial score (nSPS) is 22.0. The van der Waals surface area contributed by atoms with E-state index in [9.17, 15) is 9.90 Å². The largest absolute Gasteiger partial charge is 0.463 e. The quantitative estimate of drug-likeness (QED) is 0.669. The minimum atomic E-state index is -0.482. The minimum absolute atomic E-state index is 0.0349. The molecule has 1 amide bonds. The SMILES string of the molecule is CNC(=O)C[C@@H]1CN(Cc2ccc(OCCOC)o2)C[C@H]1O. The van der Waals surface area contributed by atoms with Crippen molar-refractivity contribution in [2.75, 3.05) is 40.5 Å². The van der Waals surface area contributed by atoms with Gasteiger partial charge in [0.05, 0.1) is 19.3 Å². The molecular formula is C15H24N2O5. The van der Waals surface area contributed by atoms with Crippen LogP contribution >= 0.6 is 0 Å². The molecule has 2 heterocycles. The van der Waals surface area contributed by atoms with E-state index >= 15 is 0 Å². The fraction of sp³-hybridized carbons (Fsp3) is 0.667. The molecule has 7 nitrogen and oxygen atoms in total. The molecule has 0 unspecified atom stereocenters. The molecule has 2 rings (SSSR count). The Morgan fingerprint density at radius 1 is 1.45 bits per heavy atom. The summed E-state index contributed by atoms with van der Waals surface area (Å²) < 4.78 is 15.9. The van der Waals surface area contributed by atoms with Crippen LogP contribution in [0.4, 0.5) is 0 Å².